The van der Waals surface area contributed by atoms with Crippen LogP contribution in [0.5, 0.6) is 5.75 Å². The van der Waals surface area contributed by atoms with E-state index in [1.54, 1.807) is 18.2 Å². The lowest BCUT2D eigenvalue weighted by Crippen LogP contribution is -2.03. The molecule has 0 aliphatic heterocycles. The zero-order valence-corrected chi connectivity index (χ0v) is 6.94. The summed E-state index contributed by atoms with van der Waals surface area (Å²) in [7, 11) is 0. The number of aromatic hydroxyl groups is 1. The summed E-state index contributed by atoms with van der Waals surface area (Å²) in [6.07, 6.45) is 0.0913. The largest absolute Gasteiger partial charge is 0.507 e. The molecule has 0 heterocycles. The Morgan fingerprint density at radius 2 is 2.23 bits per heavy atom. The van der Waals surface area contributed by atoms with E-state index in [4.69, 9.17) is 11.1 Å². The van der Waals surface area contributed by atoms with E-state index in [1.165, 1.54) is 6.07 Å². The van der Waals surface area contributed by atoms with Gasteiger partial charge < -0.3 is 10.9 Å². The predicted molar refractivity (Wildman–Crippen MR) is 49.1 cm³/mol. The topological polar surface area (TPSA) is 82.4 Å². The van der Waals surface area contributed by atoms with Gasteiger partial charge in [-0.05, 0) is 12.1 Å². The minimum atomic E-state index is 0.0851. The molecule has 0 saturated carbocycles. The molecule has 66 valence electrons. The molecule has 0 aromatic heterocycles. The van der Waals surface area contributed by atoms with Crippen LogP contribution in [0.1, 0.15) is 12.0 Å². The number of phenols is 1. The molecule has 0 saturated heterocycles. The van der Waals surface area contributed by atoms with Crippen LogP contribution in [-0.4, -0.2) is 10.8 Å². The fourth-order valence-electron chi connectivity index (χ4n) is 1.00. The van der Waals surface area contributed by atoms with Crippen molar-refractivity contribution in [3.05, 3.63) is 29.8 Å². The summed E-state index contributed by atoms with van der Waals surface area (Å²) < 4.78 is 0. The molecule has 1 aromatic rings. The van der Waals surface area contributed by atoms with Gasteiger partial charge >= 0.3 is 0 Å². The molecule has 0 atom stereocenters. The van der Waals surface area contributed by atoms with E-state index in [1.807, 2.05) is 6.07 Å². The summed E-state index contributed by atoms with van der Waals surface area (Å²) in [6.45, 7) is 0. The first kappa shape index (κ1) is 9.07. The van der Waals surface area contributed by atoms with Crippen molar-refractivity contribution in [2.75, 3.05) is 0 Å². The highest BCUT2D eigenvalue weighted by molar-refractivity contribution is 6.03. The van der Waals surface area contributed by atoms with Crippen molar-refractivity contribution in [3.8, 4) is 11.8 Å². The van der Waals surface area contributed by atoms with Crippen molar-refractivity contribution in [1.82, 2.24) is 0 Å². The monoisotopic (exact) mass is 175 g/mol. The van der Waals surface area contributed by atoms with Crippen LogP contribution >= 0.6 is 0 Å². The molecule has 1 aromatic carbocycles. The van der Waals surface area contributed by atoms with Gasteiger partial charge in [0.1, 0.15) is 5.75 Å². The maximum absolute atomic E-state index is 9.39. The van der Waals surface area contributed by atoms with E-state index < -0.39 is 0 Å². The molecule has 1 rings (SSSR count). The van der Waals surface area contributed by atoms with Gasteiger partial charge in [0.2, 0.25) is 0 Å². The van der Waals surface area contributed by atoms with Gasteiger partial charge in [-0.15, -0.1) is 0 Å². The van der Waals surface area contributed by atoms with Crippen LogP contribution < -0.4 is 5.84 Å². The molecule has 0 bridgehead atoms. The number of hydrazone groups is 1. The van der Waals surface area contributed by atoms with E-state index in [2.05, 4.69) is 5.10 Å². The van der Waals surface area contributed by atoms with Gasteiger partial charge in [0.05, 0.1) is 18.2 Å². The van der Waals surface area contributed by atoms with Gasteiger partial charge in [-0.25, -0.2) is 0 Å². The summed E-state index contributed by atoms with van der Waals surface area (Å²) in [5, 5.41) is 21.3. The zero-order valence-electron chi connectivity index (χ0n) is 6.94. The second-order valence-electron chi connectivity index (χ2n) is 2.43. The number of rotatable bonds is 2. The Balaban J connectivity index is 3.07. The van der Waals surface area contributed by atoms with Crippen LogP contribution in [0.3, 0.4) is 0 Å². The van der Waals surface area contributed by atoms with Crippen molar-refractivity contribution in [2.45, 2.75) is 6.42 Å². The molecular weight excluding hydrogens is 166 g/mol. The lowest BCUT2D eigenvalue weighted by Gasteiger charge is -2.02. The summed E-state index contributed by atoms with van der Waals surface area (Å²) >= 11 is 0. The first-order valence-electron chi connectivity index (χ1n) is 3.71. The second kappa shape index (κ2) is 4.12. The molecule has 0 aliphatic rings. The Labute approximate surface area is 75.9 Å². The molecule has 3 N–H and O–H groups in total. The first-order valence-corrected chi connectivity index (χ1v) is 3.71. The third kappa shape index (κ3) is 1.97. The molecule has 13 heavy (non-hydrogen) atoms. The zero-order chi connectivity index (χ0) is 9.68. The number of nitrogens with two attached hydrogens (primary N) is 1. The molecule has 0 unspecified atom stereocenters. The van der Waals surface area contributed by atoms with Crippen LogP contribution in [0.15, 0.2) is 29.4 Å². The fraction of sp³-hybridized carbons (Fsp3) is 0.111. The van der Waals surface area contributed by atoms with Crippen LogP contribution in [0, 0.1) is 11.3 Å². The van der Waals surface area contributed by atoms with Crippen molar-refractivity contribution in [2.24, 2.45) is 10.9 Å². The Morgan fingerprint density at radius 3 is 2.77 bits per heavy atom. The Hall–Kier alpha value is -2.02. The molecule has 0 fully saturated rings. The van der Waals surface area contributed by atoms with E-state index >= 15 is 0 Å². The standard InChI is InChI=1S/C9H9N3O/c10-6-5-8(12-11)7-3-1-2-4-9(7)13/h1-4,13H,5,11H2/b12-8-. The Morgan fingerprint density at radius 1 is 1.54 bits per heavy atom. The molecule has 0 spiro atoms. The normalized spacial score (nSPS) is 10.8. The van der Waals surface area contributed by atoms with Crippen LogP contribution in [0.2, 0.25) is 0 Å². The number of para-hydroxylation sites is 1. The van der Waals surface area contributed by atoms with Gasteiger partial charge in [0.25, 0.3) is 0 Å². The van der Waals surface area contributed by atoms with Crippen LogP contribution in [0.25, 0.3) is 0 Å². The number of hydrogen-bond donors (Lipinski definition) is 2. The van der Waals surface area contributed by atoms with Crippen molar-refractivity contribution < 1.29 is 5.11 Å². The number of phenolic OH excluding ortho intramolecular Hbond substituents is 1. The summed E-state index contributed by atoms with van der Waals surface area (Å²) in [5.41, 5.74) is 0.896. The highest BCUT2D eigenvalue weighted by Gasteiger charge is 2.06. The fourth-order valence-corrected chi connectivity index (χ4v) is 1.00. The highest BCUT2D eigenvalue weighted by atomic mass is 16.3. The highest BCUT2D eigenvalue weighted by Crippen LogP contribution is 2.17. The van der Waals surface area contributed by atoms with E-state index in [-0.39, 0.29) is 12.2 Å². The van der Waals surface area contributed by atoms with Crippen molar-refractivity contribution in [3.63, 3.8) is 0 Å². The molecule has 0 aliphatic carbocycles. The number of nitriles is 1. The van der Waals surface area contributed by atoms with E-state index in [0.29, 0.717) is 11.3 Å². The Kier molecular flexibility index (Phi) is 2.87. The van der Waals surface area contributed by atoms with Gasteiger partial charge in [-0.3, -0.25) is 0 Å². The summed E-state index contributed by atoms with van der Waals surface area (Å²) in [4.78, 5) is 0. The minimum Gasteiger partial charge on any atom is -0.507 e. The predicted octanol–water partition coefficient (Wildman–Crippen LogP) is 0.969. The second-order valence-corrected chi connectivity index (χ2v) is 2.43. The smallest absolute Gasteiger partial charge is 0.124 e. The molecule has 0 radical (unpaired) electrons. The van der Waals surface area contributed by atoms with Crippen molar-refractivity contribution >= 4 is 5.71 Å². The average molecular weight is 175 g/mol. The number of nitrogens with zero attached hydrogens (tertiary/aromatic N) is 2. The molecular formula is C9H9N3O. The van der Waals surface area contributed by atoms with Crippen molar-refractivity contribution in [1.29, 1.82) is 5.26 Å². The van der Waals surface area contributed by atoms with Crippen LogP contribution in [-0.2, 0) is 0 Å². The number of hydrogen-bond acceptors (Lipinski definition) is 4. The quantitative estimate of drug-likeness (QED) is 0.399. The Bertz CT molecular complexity index is 365. The maximum atomic E-state index is 9.39. The first-order chi connectivity index (χ1) is 6.29. The number of benzene rings is 1. The average Bonchev–Trinajstić information content (AvgIpc) is 2.16. The van der Waals surface area contributed by atoms with E-state index in [0.717, 1.165) is 0 Å². The maximum Gasteiger partial charge on any atom is 0.124 e. The third-order valence-corrected chi connectivity index (χ3v) is 1.62. The molecule has 0 amide bonds. The van der Waals surface area contributed by atoms with Crippen LogP contribution in [0.4, 0.5) is 0 Å². The van der Waals surface area contributed by atoms with Gasteiger partial charge in [0, 0.05) is 5.56 Å². The van der Waals surface area contributed by atoms with Gasteiger partial charge in [-0.1, -0.05) is 12.1 Å². The summed E-state index contributed by atoms with van der Waals surface area (Å²) in [5.74, 6) is 5.17. The SMILES string of the molecule is N#CC/C(=N/N)c1ccccc1O. The van der Waals surface area contributed by atoms with E-state index in [9.17, 15) is 5.11 Å². The lowest BCUT2D eigenvalue weighted by atomic mass is 10.1. The van der Waals surface area contributed by atoms with Gasteiger partial charge in [0.15, 0.2) is 0 Å². The lowest BCUT2D eigenvalue weighted by molar-refractivity contribution is 0.474. The molecule has 4 heteroatoms. The third-order valence-electron chi connectivity index (χ3n) is 1.62. The minimum absolute atomic E-state index is 0.0851. The molecule has 4 nitrogen and oxygen atoms in total. The van der Waals surface area contributed by atoms with Gasteiger partial charge in [-0.2, -0.15) is 10.4 Å². The summed E-state index contributed by atoms with van der Waals surface area (Å²) in [6, 6.07) is 8.55.